The van der Waals surface area contributed by atoms with Crippen molar-refractivity contribution in [3.8, 4) is 0 Å². The lowest BCUT2D eigenvalue weighted by Gasteiger charge is -2.37. The molecular formula is C13H24FN. The number of nitrogens with one attached hydrogen (secondary N) is 1. The monoisotopic (exact) mass is 213 g/mol. The topological polar surface area (TPSA) is 12.0 Å². The zero-order chi connectivity index (χ0) is 10.7. The molecule has 2 fully saturated rings. The Morgan fingerprint density at radius 2 is 2.00 bits per heavy atom. The molecule has 3 atom stereocenters. The molecule has 1 saturated carbocycles. The molecule has 1 heterocycles. The van der Waals surface area contributed by atoms with E-state index in [2.05, 4.69) is 12.2 Å². The van der Waals surface area contributed by atoms with Gasteiger partial charge in [-0.25, -0.2) is 4.39 Å². The largest absolute Gasteiger partial charge is 0.317 e. The second-order valence-corrected chi connectivity index (χ2v) is 5.61. The van der Waals surface area contributed by atoms with Crippen molar-refractivity contribution in [2.75, 3.05) is 13.1 Å². The van der Waals surface area contributed by atoms with Crippen LogP contribution in [-0.4, -0.2) is 18.8 Å². The van der Waals surface area contributed by atoms with E-state index >= 15 is 0 Å². The van der Waals surface area contributed by atoms with Gasteiger partial charge < -0.3 is 5.32 Å². The van der Waals surface area contributed by atoms with Crippen LogP contribution in [-0.2, 0) is 0 Å². The Balaban J connectivity index is 1.98. The first-order chi connectivity index (χ1) is 7.21. The number of halogens is 1. The Bertz CT molecular complexity index is 197. The molecule has 0 aromatic rings. The van der Waals surface area contributed by atoms with Gasteiger partial charge in [-0.05, 0) is 57.0 Å². The summed E-state index contributed by atoms with van der Waals surface area (Å²) in [6.07, 6.45) is 7.34. The van der Waals surface area contributed by atoms with Gasteiger partial charge in [0.2, 0.25) is 0 Å². The lowest BCUT2D eigenvalue weighted by Crippen LogP contribution is -2.37. The molecule has 2 rings (SSSR count). The third-order valence-electron chi connectivity index (χ3n) is 4.33. The molecule has 0 radical (unpaired) electrons. The van der Waals surface area contributed by atoms with Crippen LogP contribution in [0.3, 0.4) is 0 Å². The molecular weight excluding hydrogens is 189 g/mol. The predicted molar refractivity (Wildman–Crippen MR) is 61.7 cm³/mol. The van der Waals surface area contributed by atoms with Gasteiger partial charge in [-0.3, -0.25) is 0 Å². The number of rotatable bonds is 1. The fraction of sp³-hybridized carbons (Fsp3) is 1.00. The van der Waals surface area contributed by atoms with Gasteiger partial charge in [0.1, 0.15) is 5.67 Å². The second-order valence-electron chi connectivity index (χ2n) is 5.61. The van der Waals surface area contributed by atoms with E-state index in [4.69, 9.17) is 0 Å². The Morgan fingerprint density at radius 1 is 1.13 bits per heavy atom. The predicted octanol–water partition coefficient (Wildman–Crippen LogP) is 3.29. The van der Waals surface area contributed by atoms with Gasteiger partial charge in [0.05, 0.1) is 0 Å². The Morgan fingerprint density at radius 3 is 2.80 bits per heavy atom. The van der Waals surface area contributed by atoms with Crippen molar-refractivity contribution in [2.45, 2.75) is 57.5 Å². The second kappa shape index (κ2) is 4.82. The SMILES string of the molecule is CC1CCCC(C2(F)CCCNCC2)C1. The van der Waals surface area contributed by atoms with Crippen molar-refractivity contribution >= 4 is 0 Å². The van der Waals surface area contributed by atoms with Gasteiger partial charge in [-0.15, -0.1) is 0 Å². The van der Waals surface area contributed by atoms with Crippen molar-refractivity contribution in [3.05, 3.63) is 0 Å². The minimum absolute atomic E-state index is 0.348. The normalized spacial score (nSPS) is 43.6. The van der Waals surface area contributed by atoms with E-state index in [9.17, 15) is 4.39 Å². The maximum Gasteiger partial charge on any atom is 0.115 e. The molecule has 0 aromatic heterocycles. The molecule has 88 valence electrons. The number of alkyl halides is 1. The van der Waals surface area contributed by atoms with E-state index in [0.717, 1.165) is 51.1 Å². The smallest absolute Gasteiger partial charge is 0.115 e. The summed E-state index contributed by atoms with van der Waals surface area (Å²) in [5.74, 6) is 1.09. The van der Waals surface area contributed by atoms with Crippen LogP contribution in [0.5, 0.6) is 0 Å². The van der Waals surface area contributed by atoms with Gasteiger partial charge in [-0.2, -0.15) is 0 Å². The third-order valence-corrected chi connectivity index (χ3v) is 4.33. The highest BCUT2D eigenvalue weighted by Gasteiger charge is 2.40. The Kier molecular flexibility index (Phi) is 3.65. The lowest BCUT2D eigenvalue weighted by atomic mass is 9.71. The van der Waals surface area contributed by atoms with Crippen LogP contribution >= 0.6 is 0 Å². The first-order valence-corrected chi connectivity index (χ1v) is 6.60. The zero-order valence-electron chi connectivity index (χ0n) is 9.90. The van der Waals surface area contributed by atoms with Gasteiger partial charge in [-0.1, -0.05) is 19.8 Å². The Hall–Kier alpha value is -0.110. The fourth-order valence-electron chi connectivity index (χ4n) is 3.37. The summed E-state index contributed by atoms with van der Waals surface area (Å²) in [4.78, 5) is 0. The van der Waals surface area contributed by atoms with E-state index < -0.39 is 5.67 Å². The van der Waals surface area contributed by atoms with E-state index in [1.807, 2.05) is 0 Å². The number of hydrogen-bond acceptors (Lipinski definition) is 1. The molecule has 3 unspecified atom stereocenters. The maximum atomic E-state index is 14.9. The molecule has 1 N–H and O–H groups in total. The van der Waals surface area contributed by atoms with E-state index in [1.165, 1.54) is 12.8 Å². The molecule has 1 aliphatic heterocycles. The van der Waals surface area contributed by atoms with E-state index in [0.29, 0.717) is 5.92 Å². The average molecular weight is 213 g/mol. The summed E-state index contributed by atoms with van der Waals surface area (Å²) in [7, 11) is 0. The lowest BCUT2D eigenvalue weighted by molar-refractivity contribution is 0.0317. The van der Waals surface area contributed by atoms with Crippen LogP contribution in [0, 0.1) is 11.8 Å². The summed E-state index contributed by atoms with van der Waals surface area (Å²) in [5, 5.41) is 3.31. The quantitative estimate of drug-likeness (QED) is 0.704. The van der Waals surface area contributed by atoms with Crippen molar-refractivity contribution in [3.63, 3.8) is 0 Å². The summed E-state index contributed by atoms with van der Waals surface area (Å²) >= 11 is 0. The molecule has 2 aliphatic rings. The first-order valence-electron chi connectivity index (χ1n) is 6.60. The Labute approximate surface area is 92.8 Å². The molecule has 0 spiro atoms. The summed E-state index contributed by atoms with van der Waals surface area (Å²) in [5.41, 5.74) is -0.849. The fourth-order valence-corrected chi connectivity index (χ4v) is 3.37. The first kappa shape index (κ1) is 11.4. The van der Waals surface area contributed by atoms with Gasteiger partial charge in [0.25, 0.3) is 0 Å². The standard InChI is InChI=1S/C13H24FN/c1-11-4-2-5-12(10-11)13(14)6-3-8-15-9-7-13/h11-12,15H,2-10H2,1H3. The molecule has 15 heavy (non-hydrogen) atoms. The third kappa shape index (κ3) is 2.72. The molecule has 1 aliphatic carbocycles. The summed E-state index contributed by atoms with van der Waals surface area (Å²) < 4.78 is 14.9. The van der Waals surface area contributed by atoms with Crippen LogP contribution in [0.1, 0.15) is 51.9 Å². The zero-order valence-corrected chi connectivity index (χ0v) is 9.90. The molecule has 0 amide bonds. The van der Waals surface area contributed by atoms with Gasteiger partial charge in [0.15, 0.2) is 0 Å². The molecule has 2 heteroatoms. The minimum atomic E-state index is -0.849. The van der Waals surface area contributed by atoms with Crippen LogP contribution < -0.4 is 5.32 Å². The highest BCUT2D eigenvalue weighted by atomic mass is 19.1. The molecule has 0 aromatic carbocycles. The average Bonchev–Trinajstić information content (AvgIpc) is 2.44. The maximum absolute atomic E-state index is 14.9. The van der Waals surface area contributed by atoms with E-state index in [1.54, 1.807) is 0 Å². The molecule has 0 bridgehead atoms. The van der Waals surface area contributed by atoms with Crippen LogP contribution in [0.25, 0.3) is 0 Å². The highest BCUT2D eigenvalue weighted by Crippen LogP contribution is 2.42. The van der Waals surface area contributed by atoms with Crippen LogP contribution in [0.2, 0.25) is 0 Å². The molecule has 1 saturated heterocycles. The van der Waals surface area contributed by atoms with Crippen molar-refractivity contribution in [1.29, 1.82) is 0 Å². The minimum Gasteiger partial charge on any atom is -0.317 e. The van der Waals surface area contributed by atoms with Gasteiger partial charge in [0, 0.05) is 0 Å². The summed E-state index contributed by atoms with van der Waals surface area (Å²) in [6, 6.07) is 0. The van der Waals surface area contributed by atoms with Crippen molar-refractivity contribution in [1.82, 2.24) is 5.32 Å². The van der Waals surface area contributed by atoms with E-state index in [-0.39, 0.29) is 0 Å². The van der Waals surface area contributed by atoms with Crippen LogP contribution in [0.15, 0.2) is 0 Å². The summed E-state index contributed by atoms with van der Waals surface area (Å²) in [6.45, 7) is 4.17. The number of hydrogen-bond donors (Lipinski definition) is 1. The van der Waals surface area contributed by atoms with Crippen molar-refractivity contribution < 1.29 is 4.39 Å². The highest BCUT2D eigenvalue weighted by molar-refractivity contribution is 4.91. The van der Waals surface area contributed by atoms with Crippen LogP contribution in [0.4, 0.5) is 4.39 Å². The van der Waals surface area contributed by atoms with Gasteiger partial charge >= 0.3 is 0 Å². The molecule has 1 nitrogen and oxygen atoms in total. The van der Waals surface area contributed by atoms with Crippen molar-refractivity contribution in [2.24, 2.45) is 11.8 Å².